The summed E-state index contributed by atoms with van der Waals surface area (Å²) in [5.41, 5.74) is -0.239. The Bertz CT molecular complexity index is 469. The van der Waals surface area contributed by atoms with Crippen LogP contribution in [0.3, 0.4) is 0 Å². The van der Waals surface area contributed by atoms with E-state index < -0.39 is 17.2 Å². The van der Waals surface area contributed by atoms with E-state index in [4.69, 9.17) is 4.74 Å². The number of aliphatic hydroxyl groups is 1. The quantitative estimate of drug-likeness (QED) is 0.852. The Morgan fingerprint density at radius 3 is 2.53 bits per heavy atom. The number of benzene rings is 1. The number of nitrogens with one attached hydrogen (secondary N) is 1. The van der Waals surface area contributed by atoms with Gasteiger partial charge in [0.25, 0.3) is 0 Å². The molecule has 1 aromatic carbocycles. The van der Waals surface area contributed by atoms with Gasteiger partial charge in [0, 0.05) is 18.5 Å². The monoisotopic (exact) mass is 269 g/mol. The van der Waals surface area contributed by atoms with Crippen LogP contribution in [0.1, 0.15) is 18.4 Å². The molecule has 0 aliphatic carbocycles. The first kappa shape index (κ1) is 13.0. The van der Waals surface area contributed by atoms with Crippen LogP contribution in [0.5, 0.6) is 0 Å². The zero-order valence-electron chi connectivity index (χ0n) is 10.5. The molecule has 1 aromatic rings. The maximum Gasteiger partial charge on any atom is 0.159 e. The number of ether oxygens (including phenoxy) is 1. The first-order valence-electron chi connectivity index (χ1n) is 6.54. The van der Waals surface area contributed by atoms with Gasteiger partial charge >= 0.3 is 0 Å². The molecular weight excluding hydrogens is 252 g/mol. The second-order valence-electron chi connectivity index (χ2n) is 5.66. The van der Waals surface area contributed by atoms with Gasteiger partial charge in [0.05, 0.1) is 18.8 Å². The molecular formula is C14H17F2NO2. The lowest BCUT2D eigenvalue weighted by molar-refractivity contribution is -0.0755. The molecule has 5 heteroatoms. The van der Waals surface area contributed by atoms with Crippen molar-refractivity contribution in [2.75, 3.05) is 13.2 Å². The normalized spacial score (nSPS) is 34.3. The summed E-state index contributed by atoms with van der Waals surface area (Å²) < 4.78 is 31.5. The molecule has 2 aliphatic heterocycles. The second kappa shape index (κ2) is 4.81. The third kappa shape index (κ3) is 2.78. The van der Waals surface area contributed by atoms with Crippen molar-refractivity contribution in [3.63, 3.8) is 0 Å². The van der Waals surface area contributed by atoms with Gasteiger partial charge in [-0.2, -0.15) is 0 Å². The van der Waals surface area contributed by atoms with E-state index >= 15 is 0 Å². The molecule has 0 saturated carbocycles. The summed E-state index contributed by atoms with van der Waals surface area (Å²) in [6.45, 7) is 1.19. The first-order valence-corrected chi connectivity index (χ1v) is 6.54. The number of halogens is 2. The fraction of sp³-hybridized carbons (Fsp3) is 0.571. The van der Waals surface area contributed by atoms with Crippen LogP contribution in [0.15, 0.2) is 18.2 Å². The van der Waals surface area contributed by atoms with E-state index in [0.29, 0.717) is 38.0 Å². The predicted octanol–water partition coefficient (Wildman–Crippen LogP) is 1.39. The summed E-state index contributed by atoms with van der Waals surface area (Å²) in [7, 11) is 0. The van der Waals surface area contributed by atoms with Crippen LogP contribution in [0.25, 0.3) is 0 Å². The smallest absolute Gasteiger partial charge is 0.159 e. The molecule has 19 heavy (non-hydrogen) atoms. The van der Waals surface area contributed by atoms with E-state index in [1.165, 1.54) is 12.1 Å². The van der Waals surface area contributed by atoms with E-state index in [2.05, 4.69) is 5.32 Å². The first-order chi connectivity index (χ1) is 9.04. The minimum atomic E-state index is -0.866. The van der Waals surface area contributed by atoms with Crippen LogP contribution in [-0.4, -0.2) is 36.0 Å². The van der Waals surface area contributed by atoms with Gasteiger partial charge in [-0.25, -0.2) is 8.78 Å². The van der Waals surface area contributed by atoms with Gasteiger partial charge in [-0.15, -0.1) is 0 Å². The summed E-state index contributed by atoms with van der Waals surface area (Å²) in [6, 6.07) is 4.09. The summed E-state index contributed by atoms with van der Waals surface area (Å²) in [5, 5.41) is 14.1. The average Bonchev–Trinajstić information content (AvgIpc) is 2.33. The Morgan fingerprint density at radius 1 is 1.21 bits per heavy atom. The van der Waals surface area contributed by atoms with Crippen LogP contribution in [-0.2, 0) is 11.2 Å². The maximum absolute atomic E-state index is 13.2. The molecule has 0 aromatic heterocycles. The van der Waals surface area contributed by atoms with Gasteiger partial charge in [-0.05, 0) is 30.5 Å². The summed E-state index contributed by atoms with van der Waals surface area (Å²) in [4.78, 5) is 0. The molecule has 2 heterocycles. The summed E-state index contributed by atoms with van der Waals surface area (Å²) in [5.74, 6) is -1.72. The number of morpholine rings is 1. The minimum Gasteiger partial charge on any atom is -0.389 e. The van der Waals surface area contributed by atoms with E-state index in [0.717, 1.165) is 6.07 Å². The molecule has 2 atom stereocenters. The zero-order chi connectivity index (χ0) is 13.5. The van der Waals surface area contributed by atoms with Crippen molar-refractivity contribution in [2.45, 2.75) is 36.9 Å². The third-order valence-corrected chi connectivity index (χ3v) is 3.88. The largest absolute Gasteiger partial charge is 0.389 e. The number of rotatable bonds is 2. The van der Waals surface area contributed by atoms with Crippen molar-refractivity contribution in [2.24, 2.45) is 0 Å². The Labute approximate surface area is 110 Å². The maximum atomic E-state index is 13.2. The van der Waals surface area contributed by atoms with E-state index in [1.807, 2.05) is 0 Å². The molecule has 0 radical (unpaired) electrons. The Hall–Kier alpha value is -1.04. The highest BCUT2D eigenvalue weighted by Gasteiger charge is 2.41. The standard InChI is InChI=1S/C14H17F2NO2/c15-12-2-1-9(3-13(12)16)4-14(18)5-10-7-19-8-11(6-14)17-10/h1-3,10-11,17-18H,4-8H2. The molecule has 3 nitrogen and oxygen atoms in total. The Balaban J connectivity index is 1.75. The van der Waals surface area contributed by atoms with Crippen LogP contribution < -0.4 is 5.32 Å². The van der Waals surface area contributed by atoms with Gasteiger partial charge in [0.15, 0.2) is 11.6 Å². The fourth-order valence-corrected chi connectivity index (χ4v) is 3.19. The molecule has 2 unspecified atom stereocenters. The van der Waals surface area contributed by atoms with Crippen molar-refractivity contribution < 1.29 is 18.6 Å². The second-order valence-corrected chi connectivity index (χ2v) is 5.66. The van der Waals surface area contributed by atoms with Crippen LogP contribution in [0, 0.1) is 11.6 Å². The lowest BCUT2D eigenvalue weighted by Gasteiger charge is -2.45. The number of hydrogen-bond donors (Lipinski definition) is 2. The van der Waals surface area contributed by atoms with E-state index in [1.54, 1.807) is 0 Å². The fourth-order valence-electron chi connectivity index (χ4n) is 3.19. The van der Waals surface area contributed by atoms with Crippen LogP contribution in [0.2, 0.25) is 0 Å². The molecule has 2 saturated heterocycles. The van der Waals surface area contributed by atoms with E-state index in [-0.39, 0.29) is 12.1 Å². The van der Waals surface area contributed by atoms with Gasteiger partial charge in [0.1, 0.15) is 0 Å². The molecule has 104 valence electrons. The number of fused-ring (bicyclic) bond motifs is 2. The molecule has 2 N–H and O–H groups in total. The van der Waals surface area contributed by atoms with Crippen LogP contribution >= 0.6 is 0 Å². The molecule has 2 aliphatic rings. The number of hydrogen-bond acceptors (Lipinski definition) is 3. The number of piperidine rings is 1. The SMILES string of the molecule is OC1(Cc2ccc(F)c(F)c2)CC2COCC(C1)N2. The molecule has 2 bridgehead atoms. The topological polar surface area (TPSA) is 41.5 Å². The molecule has 0 amide bonds. The molecule has 3 rings (SSSR count). The van der Waals surface area contributed by atoms with Crippen molar-refractivity contribution in [1.29, 1.82) is 0 Å². The van der Waals surface area contributed by atoms with Crippen molar-refractivity contribution in [1.82, 2.24) is 5.32 Å². The van der Waals surface area contributed by atoms with Gasteiger partial charge in [0.2, 0.25) is 0 Å². The molecule has 2 fully saturated rings. The summed E-state index contributed by atoms with van der Waals surface area (Å²) >= 11 is 0. The lowest BCUT2D eigenvalue weighted by Crippen LogP contribution is -2.60. The molecule has 0 spiro atoms. The van der Waals surface area contributed by atoms with Gasteiger partial charge in [-0.1, -0.05) is 6.07 Å². The minimum absolute atomic E-state index is 0.141. The van der Waals surface area contributed by atoms with Gasteiger partial charge in [-0.3, -0.25) is 0 Å². The van der Waals surface area contributed by atoms with E-state index in [9.17, 15) is 13.9 Å². The van der Waals surface area contributed by atoms with Crippen LogP contribution in [0.4, 0.5) is 8.78 Å². The zero-order valence-corrected chi connectivity index (χ0v) is 10.5. The predicted molar refractivity (Wildman–Crippen MR) is 65.8 cm³/mol. The highest BCUT2D eigenvalue weighted by atomic mass is 19.2. The van der Waals surface area contributed by atoms with Crippen molar-refractivity contribution >= 4 is 0 Å². The Kier molecular flexibility index (Phi) is 3.28. The summed E-state index contributed by atoms with van der Waals surface area (Å²) in [6.07, 6.45) is 1.49. The highest BCUT2D eigenvalue weighted by Crippen LogP contribution is 2.31. The van der Waals surface area contributed by atoms with Crippen molar-refractivity contribution in [3.05, 3.63) is 35.4 Å². The third-order valence-electron chi connectivity index (χ3n) is 3.88. The Morgan fingerprint density at radius 2 is 1.89 bits per heavy atom. The van der Waals surface area contributed by atoms with Gasteiger partial charge < -0.3 is 15.2 Å². The lowest BCUT2D eigenvalue weighted by atomic mass is 9.79. The van der Waals surface area contributed by atoms with Crippen molar-refractivity contribution in [3.8, 4) is 0 Å². The average molecular weight is 269 g/mol. The highest BCUT2D eigenvalue weighted by molar-refractivity contribution is 5.20.